The summed E-state index contributed by atoms with van der Waals surface area (Å²) in [5.41, 5.74) is 0.955. The summed E-state index contributed by atoms with van der Waals surface area (Å²) in [6, 6.07) is 4.71. The first-order valence-corrected chi connectivity index (χ1v) is 9.32. The number of hydrogen-bond acceptors (Lipinski definition) is 4. The first kappa shape index (κ1) is 20.2. The highest BCUT2D eigenvalue weighted by Gasteiger charge is 2.35. The van der Waals surface area contributed by atoms with Gasteiger partial charge in [-0.1, -0.05) is 23.7 Å². The van der Waals surface area contributed by atoms with Gasteiger partial charge in [-0.15, -0.1) is 0 Å². The summed E-state index contributed by atoms with van der Waals surface area (Å²) in [6.45, 7) is 0.122. The number of carbonyl (C=O) groups excluding carboxylic acids is 1. The Morgan fingerprint density at radius 2 is 1.88 bits per heavy atom. The Hall–Kier alpha value is -2.07. The molecular formula is C15H15ClF3N3O3S. The highest BCUT2D eigenvalue weighted by Crippen LogP contribution is 2.22. The topological polar surface area (TPSA) is 81.1 Å². The van der Waals surface area contributed by atoms with Gasteiger partial charge in [-0.25, -0.2) is 8.42 Å². The van der Waals surface area contributed by atoms with E-state index < -0.39 is 26.7 Å². The zero-order valence-electron chi connectivity index (χ0n) is 13.5. The van der Waals surface area contributed by atoms with Crippen molar-refractivity contribution in [2.24, 2.45) is 7.05 Å². The molecule has 0 atom stereocenters. The van der Waals surface area contributed by atoms with Crippen LogP contribution in [0.5, 0.6) is 0 Å². The first-order chi connectivity index (χ1) is 12.0. The fourth-order valence-electron chi connectivity index (χ4n) is 2.17. The summed E-state index contributed by atoms with van der Waals surface area (Å²) in [7, 11) is -2.78. The molecule has 0 unspecified atom stereocenters. The van der Waals surface area contributed by atoms with Crippen LogP contribution < -0.4 is 5.32 Å². The Balaban J connectivity index is 1.96. The van der Waals surface area contributed by atoms with Gasteiger partial charge in [0.1, 0.15) is 5.69 Å². The number of amides is 1. The number of nitrogens with zero attached hydrogens (tertiary/aromatic N) is 2. The van der Waals surface area contributed by atoms with Crippen LogP contribution in [-0.2, 0) is 34.6 Å². The van der Waals surface area contributed by atoms with Gasteiger partial charge in [0.25, 0.3) is 0 Å². The minimum absolute atomic E-state index is 0.0654. The van der Waals surface area contributed by atoms with Gasteiger partial charge in [-0.05, 0) is 17.7 Å². The van der Waals surface area contributed by atoms with E-state index in [0.29, 0.717) is 16.3 Å². The normalized spacial score (nSPS) is 12.2. The molecule has 1 heterocycles. The third-order valence-corrected chi connectivity index (χ3v) is 5.32. The number of hydrogen-bond donors (Lipinski definition) is 1. The van der Waals surface area contributed by atoms with Crippen molar-refractivity contribution in [1.82, 2.24) is 15.1 Å². The third kappa shape index (κ3) is 5.73. The van der Waals surface area contributed by atoms with Gasteiger partial charge >= 0.3 is 6.18 Å². The number of nitrogens with one attached hydrogen (secondary N) is 1. The highest BCUT2D eigenvalue weighted by atomic mass is 35.5. The maximum Gasteiger partial charge on any atom is 0.403 e. The molecule has 1 N–H and O–H groups in total. The molecule has 0 aliphatic carbocycles. The number of aryl methyl sites for hydroxylation is 1. The van der Waals surface area contributed by atoms with Gasteiger partial charge in [-0.3, -0.25) is 9.48 Å². The van der Waals surface area contributed by atoms with Crippen LogP contribution in [-0.4, -0.2) is 36.0 Å². The van der Waals surface area contributed by atoms with E-state index in [0.717, 1.165) is 12.1 Å². The molecule has 1 aromatic carbocycles. The predicted molar refractivity (Wildman–Crippen MR) is 88.3 cm³/mol. The maximum absolute atomic E-state index is 12.3. The zero-order chi connectivity index (χ0) is 19.5. The monoisotopic (exact) mass is 409 g/mol. The molecule has 142 valence electrons. The second-order valence-corrected chi connectivity index (χ2v) is 7.97. The van der Waals surface area contributed by atoms with E-state index in [9.17, 15) is 26.4 Å². The lowest BCUT2D eigenvalue weighted by atomic mass is 10.1. The average molecular weight is 410 g/mol. The largest absolute Gasteiger partial charge is 0.403 e. The van der Waals surface area contributed by atoms with Crippen LogP contribution in [0, 0.1) is 0 Å². The Kier molecular flexibility index (Phi) is 5.97. The Morgan fingerprint density at radius 1 is 1.27 bits per heavy atom. The second-order valence-electron chi connectivity index (χ2n) is 5.57. The van der Waals surface area contributed by atoms with Gasteiger partial charge in [0.05, 0.1) is 22.9 Å². The fraction of sp³-hybridized carbons (Fsp3) is 0.333. The van der Waals surface area contributed by atoms with Crippen LogP contribution in [0.15, 0.2) is 35.4 Å². The van der Waals surface area contributed by atoms with Gasteiger partial charge in [0, 0.05) is 13.2 Å². The summed E-state index contributed by atoms with van der Waals surface area (Å²) < 4.78 is 61.7. The summed E-state index contributed by atoms with van der Waals surface area (Å²) in [5, 5.41) is 7.09. The molecule has 0 aliphatic heterocycles. The lowest BCUT2D eigenvalue weighted by Crippen LogP contribution is -2.25. The van der Waals surface area contributed by atoms with E-state index in [2.05, 4.69) is 10.4 Å². The fourth-order valence-corrected chi connectivity index (χ4v) is 3.56. The number of benzene rings is 1. The molecule has 0 bridgehead atoms. The van der Waals surface area contributed by atoms with Crippen molar-refractivity contribution in [3.05, 3.63) is 46.7 Å². The molecule has 11 heteroatoms. The number of rotatable bonds is 6. The molecule has 1 amide bonds. The Morgan fingerprint density at radius 3 is 2.38 bits per heavy atom. The van der Waals surface area contributed by atoms with E-state index in [4.69, 9.17) is 11.6 Å². The minimum Gasteiger partial charge on any atom is -0.350 e. The number of halogens is 4. The minimum atomic E-state index is -4.82. The standard InChI is InChI=1S/C15H15ClF3N3O3S/c1-22-8-12(16)13(21-22)7-20-14(23)6-10-2-4-11(5-3-10)26(24,25)9-15(17,18)19/h2-5,8H,6-7,9H2,1H3,(H,20,23). The maximum atomic E-state index is 12.3. The average Bonchev–Trinajstić information content (AvgIpc) is 2.81. The Labute approximate surface area is 152 Å². The van der Waals surface area contributed by atoms with Crippen molar-refractivity contribution in [2.45, 2.75) is 24.0 Å². The van der Waals surface area contributed by atoms with Crippen LogP contribution in [0.25, 0.3) is 0 Å². The Bertz CT molecular complexity index is 893. The van der Waals surface area contributed by atoms with Gasteiger partial charge < -0.3 is 5.32 Å². The summed E-state index contributed by atoms with van der Waals surface area (Å²) in [4.78, 5) is 11.5. The molecule has 0 aliphatic rings. The number of carbonyl (C=O) groups is 1. The van der Waals surface area contributed by atoms with Gasteiger partial charge in [0.2, 0.25) is 5.91 Å². The third-order valence-electron chi connectivity index (χ3n) is 3.31. The summed E-state index contributed by atoms with van der Waals surface area (Å²) in [5.74, 6) is -2.29. The first-order valence-electron chi connectivity index (χ1n) is 7.29. The van der Waals surface area contributed by atoms with Crippen molar-refractivity contribution in [2.75, 3.05) is 5.75 Å². The molecule has 1 aromatic heterocycles. The number of alkyl halides is 3. The van der Waals surface area contributed by atoms with Crippen molar-refractivity contribution in [3.8, 4) is 0 Å². The molecule has 0 saturated carbocycles. The van der Waals surface area contributed by atoms with Crippen molar-refractivity contribution in [3.63, 3.8) is 0 Å². The van der Waals surface area contributed by atoms with E-state index in [-0.39, 0.29) is 18.9 Å². The molecule has 0 spiro atoms. The molecule has 26 heavy (non-hydrogen) atoms. The number of aromatic nitrogens is 2. The van der Waals surface area contributed by atoms with Crippen LogP contribution in [0.2, 0.25) is 5.02 Å². The molecule has 0 saturated heterocycles. The van der Waals surface area contributed by atoms with E-state index in [1.807, 2.05) is 0 Å². The summed E-state index contributed by atoms with van der Waals surface area (Å²) in [6.07, 6.45) is -3.29. The number of sulfone groups is 1. The van der Waals surface area contributed by atoms with E-state index >= 15 is 0 Å². The van der Waals surface area contributed by atoms with Crippen molar-refractivity contribution < 1.29 is 26.4 Å². The van der Waals surface area contributed by atoms with Crippen molar-refractivity contribution >= 4 is 27.3 Å². The molecule has 2 aromatic rings. The molecule has 0 radical (unpaired) electrons. The predicted octanol–water partition coefficient (Wildman–Crippen LogP) is 2.27. The SMILES string of the molecule is Cn1cc(Cl)c(CNC(=O)Cc2ccc(S(=O)(=O)CC(F)(F)F)cc2)n1. The molecule has 6 nitrogen and oxygen atoms in total. The van der Waals surface area contributed by atoms with E-state index in [1.165, 1.54) is 16.8 Å². The van der Waals surface area contributed by atoms with Crippen LogP contribution in [0.3, 0.4) is 0 Å². The molecular weight excluding hydrogens is 395 g/mol. The van der Waals surface area contributed by atoms with Crippen molar-refractivity contribution in [1.29, 1.82) is 0 Å². The zero-order valence-corrected chi connectivity index (χ0v) is 15.1. The molecule has 2 rings (SSSR count). The van der Waals surface area contributed by atoms with Crippen LogP contribution in [0.1, 0.15) is 11.3 Å². The van der Waals surface area contributed by atoms with Crippen LogP contribution in [0.4, 0.5) is 13.2 Å². The van der Waals surface area contributed by atoms with E-state index in [1.54, 1.807) is 13.2 Å². The lowest BCUT2D eigenvalue weighted by molar-refractivity contribution is -0.120. The van der Waals surface area contributed by atoms with Gasteiger partial charge in [-0.2, -0.15) is 18.3 Å². The summed E-state index contributed by atoms with van der Waals surface area (Å²) >= 11 is 5.92. The highest BCUT2D eigenvalue weighted by molar-refractivity contribution is 7.91. The lowest BCUT2D eigenvalue weighted by Gasteiger charge is -2.09. The van der Waals surface area contributed by atoms with Crippen LogP contribution >= 0.6 is 11.6 Å². The van der Waals surface area contributed by atoms with Gasteiger partial charge in [0.15, 0.2) is 15.6 Å². The smallest absolute Gasteiger partial charge is 0.350 e. The quantitative estimate of drug-likeness (QED) is 0.793. The molecule has 0 fully saturated rings. The second kappa shape index (κ2) is 7.67.